The van der Waals surface area contributed by atoms with E-state index in [1.165, 1.54) is 6.07 Å². The molecule has 0 saturated heterocycles. The fourth-order valence-electron chi connectivity index (χ4n) is 2.08. The molecular weight excluding hydrogens is 344 g/mol. The van der Waals surface area contributed by atoms with Crippen LogP contribution >= 0.6 is 11.6 Å². The minimum atomic E-state index is -1.28. The highest BCUT2D eigenvalue weighted by Gasteiger charge is 2.27. The number of carbonyl (C=O) groups is 3. The Hall–Kier alpha value is -2.86. The number of carbonyl (C=O) groups excluding carboxylic acids is 3. The number of hydrogen-bond donors (Lipinski definition) is 2. The van der Waals surface area contributed by atoms with E-state index in [2.05, 4.69) is 10.6 Å². The average Bonchev–Trinajstić information content (AvgIpc) is 2.60. The first-order chi connectivity index (χ1) is 12.0. The Bertz CT molecular complexity index is 765. The maximum atomic E-state index is 12.4. The summed E-state index contributed by atoms with van der Waals surface area (Å²) in [6.45, 7) is 2.07. The Morgan fingerprint density at radius 3 is 2.32 bits per heavy atom. The number of ether oxygens (including phenoxy) is 1. The molecule has 0 aliphatic carbocycles. The molecule has 25 heavy (non-hydrogen) atoms. The van der Waals surface area contributed by atoms with Crippen LogP contribution in [-0.4, -0.2) is 24.5 Å². The molecule has 0 saturated carbocycles. The summed E-state index contributed by atoms with van der Waals surface area (Å²) >= 11 is 5.99. The average molecular weight is 361 g/mol. The molecule has 0 aliphatic rings. The van der Waals surface area contributed by atoms with Gasteiger partial charge in [0.05, 0.1) is 10.6 Å². The highest BCUT2D eigenvalue weighted by Crippen LogP contribution is 2.22. The smallest absolute Gasteiger partial charge is 0.340 e. The summed E-state index contributed by atoms with van der Waals surface area (Å²) in [6.07, 6.45) is -1.28. The summed E-state index contributed by atoms with van der Waals surface area (Å²) in [5, 5.41) is 4.81. The monoisotopic (exact) mass is 360 g/mol. The molecule has 0 aliphatic heterocycles. The molecule has 3 amide bonds. The first-order valence-electron chi connectivity index (χ1n) is 7.62. The van der Waals surface area contributed by atoms with Crippen LogP contribution in [0.3, 0.4) is 0 Å². The predicted molar refractivity (Wildman–Crippen MR) is 93.3 cm³/mol. The molecule has 7 heteroatoms. The summed E-state index contributed by atoms with van der Waals surface area (Å²) in [7, 11) is 0. The maximum Gasteiger partial charge on any atom is 0.340 e. The number of imide groups is 1. The van der Waals surface area contributed by atoms with Gasteiger partial charge in [0.1, 0.15) is 0 Å². The van der Waals surface area contributed by atoms with Gasteiger partial charge in [-0.05, 0) is 19.1 Å². The first kappa shape index (κ1) is 18.5. The SMILES string of the molecule is CCNC(=O)NC(=O)[C@@H](OC(=O)c1ccccc1Cl)c1ccccc1. The second kappa shape index (κ2) is 8.84. The van der Waals surface area contributed by atoms with Gasteiger partial charge in [-0.2, -0.15) is 0 Å². The van der Waals surface area contributed by atoms with E-state index >= 15 is 0 Å². The van der Waals surface area contributed by atoms with Gasteiger partial charge in [-0.1, -0.05) is 54.1 Å². The van der Waals surface area contributed by atoms with Crippen molar-refractivity contribution in [3.8, 4) is 0 Å². The van der Waals surface area contributed by atoms with Crippen LogP contribution in [0.4, 0.5) is 4.79 Å². The van der Waals surface area contributed by atoms with Crippen LogP contribution in [0.25, 0.3) is 0 Å². The molecule has 2 aromatic rings. The minimum absolute atomic E-state index is 0.135. The molecule has 0 radical (unpaired) electrons. The van der Waals surface area contributed by atoms with Crippen molar-refractivity contribution in [3.05, 3.63) is 70.7 Å². The lowest BCUT2D eigenvalue weighted by Gasteiger charge is -2.18. The largest absolute Gasteiger partial charge is 0.444 e. The van der Waals surface area contributed by atoms with Crippen LogP contribution in [0.1, 0.15) is 28.9 Å². The van der Waals surface area contributed by atoms with Gasteiger partial charge in [0.25, 0.3) is 5.91 Å². The summed E-state index contributed by atoms with van der Waals surface area (Å²) in [4.78, 5) is 36.4. The summed E-state index contributed by atoms with van der Waals surface area (Å²) in [6, 6.07) is 14.1. The quantitative estimate of drug-likeness (QED) is 0.802. The Morgan fingerprint density at radius 2 is 1.68 bits per heavy atom. The molecular formula is C18H17ClN2O4. The highest BCUT2D eigenvalue weighted by molar-refractivity contribution is 6.33. The van der Waals surface area contributed by atoms with Gasteiger partial charge in [0, 0.05) is 12.1 Å². The first-order valence-corrected chi connectivity index (χ1v) is 8.00. The third kappa shape index (κ3) is 5.06. The van der Waals surface area contributed by atoms with Crippen molar-refractivity contribution in [3.63, 3.8) is 0 Å². The second-order valence-electron chi connectivity index (χ2n) is 5.02. The number of esters is 1. The fraction of sp³-hybridized carbons (Fsp3) is 0.167. The van der Waals surface area contributed by atoms with E-state index in [4.69, 9.17) is 16.3 Å². The van der Waals surface area contributed by atoms with Crippen LogP contribution in [0.2, 0.25) is 5.02 Å². The number of benzene rings is 2. The normalized spacial score (nSPS) is 11.3. The maximum absolute atomic E-state index is 12.4. The van der Waals surface area contributed by atoms with Crippen molar-refractivity contribution >= 4 is 29.5 Å². The summed E-state index contributed by atoms with van der Waals surface area (Å²) in [5.74, 6) is -1.51. The molecule has 2 N–H and O–H groups in total. The van der Waals surface area contributed by atoms with Crippen molar-refractivity contribution < 1.29 is 19.1 Å². The van der Waals surface area contributed by atoms with Gasteiger partial charge in [0.2, 0.25) is 6.10 Å². The Kier molecular flexibility index (Phi) is 6.54. The highest BCUT2D eigenvalue weighted by atomic mass is 35.5. The van der Waals surface area contributed by atoms with Crippen LogP contribution < -0.4 is 10.6 Å². The zero-order chi connectivity index (χ0) is 18.2. The van der Waals surface area contributed by atoms with Crippen molar-refractivity contribution in [2.24, 2.45) is 0 Å². The van der Waals surface area contributed by atoms with E-state index in [9.17, 15) is 14.4 Å². The van der Waals surface area contributed by atoms with Crippen LogP contribution in [0, 0.1) is 0 Å². The molecule has 2 aromatic carbocycles. The zero-order valence-corrected chi connectivity index (χ0v) is 14.2. The molecule has 130 valence electrons. The zero-order valence-electron chi connectivity index (χ0n) is 13.5. The molecule has 0 fully saturated rings. The molecule has 0 aromatic heterocycles. The molecule has 6 nitrogen and oxygen atoms in total. The fourth-order valence-corrected chi connectivity index (χ4v) is 2.29. The Labute approximate surface area is 150 Å². The lowest BCUT2D eigenvalue weighted by Crippen LogP contribution is -2.42. The number of halogens is 1. The van der Waals surface area contributed by atoms with E-state index in [1.54, 1.807) is 55.5 Å². The second-order valence-corrected chi connectivity index (χ2v) is 5.43. The summed E-state index contributed by atoms with van der Waals surface area (Å²) < 4.78 is 5.33. The number of urea groups is 1. The van der Waals surface area contributed by atoms with Crippen molar-refractivity contribution in [1.82, 2.24) is 10.6 Å². The molecule has 0 spiro atoms. The van der Waals surface area contributed by atoms with E-state index in [1.807, 2.05) is 0 Å². The molecule has 2 rings (SSSR count). The van der Waals surface area contributed by atoms with E-state index in [-0.39, 0.29) is 10.6 Å². The van der Waals surface area contributed by atoms with Gasteiger partial charge < -0.3 is 10.1 Å². The third-order valence-electron chi connectivity index (χ3n) is 3.23. The Balaban J connectivity index is 2.23. The van der Waals surface area contributed by atoms with E-state index in [0.717, 1.165) is 0 Å². The molecule has 0 unspecified atom stereocenters. The van der Waals surface area contributed by atoms with E-state index < -0.39 is 24.0 Å². The van der Waals surface area contributed by atoms with Crippen molar-refractivity contribution in [2.75, 3.05) is 6.54 Å². The van der Waals surface area contributed by atoms with Crippen LogP contribution in [0.15, 0.2) is 54.6 Å². The van der Waals surface area contributed by atoms with E-state index in [0.29, 0.717) is 12.1 Å². The van der Waals surface area contributed by atoms with Gasteiger partial charge in [-0.15, -0.1) is 0 Å². The van der Waals surface area contributed by atoms with Crippen molar-refractivity contribution in [2.45, 2.75) is 13.0 Å². The van der Waals surface area contributed by atoms with Gasteiger partial charge in [-0.3, -0.25) is 10.1 Å². The minimum Gasteiger partial charge on any atom is -0.444 e. The molecule has 0 heterocycles. The standard InChI is InChI=1S/C18H17ClN2O4/c1-2-20-18(24)21-16(22)15(12-8-4-3-5-9-12)25-17(23)13-10-6-7-11-14(13)19/h3-11,15H,2H2,1H3,(H2,20,21,22,24)/t15-/m0/s1. The number of amides is 3. The number of hydrogen-bond acceptors (Lipinski definition) is 4. The van der Waals surface area contributed by atoms with Crippen molar-refractivity contribution in [1.29, 1.82) is 0 Å². The topological polar surface area (TPSA) is 84.5 Å². The number of rotatable bonds is 5. The van der Waals surface area contributed by atoms with Gasteiger partial charge in [0.15, 0.2) is 0 Å². The molecule has 0 bridgehead atoms. The van der Waals surface area contributed by atoms with Gasteiger partial charge >= 0.3 is 12.0 Å². The number of nitrogens with one attached hydrogen (secondary N) is 2. The lowest BCUT2D eigenvalue weighted by atomic mass is 10.1. The predicted octanol–water partition coefficient (Wildman–Crippen LogP) is 3.08. The Morgan fingerprint density at radius 1 is 1.04 bits per heavy atom. The third-order valence-corrected chi connectivity index (χ3v) is 3.56. The van der Waals surface area contributed by atoms with Crippen LogP contribution in [-0.2, 0) is 9.53 Å². The van der Waals surface area contributed by atoms with Crippen LogP contribution in [0.5, 0.6) is 0 Å². The summed E-state index contributed by atoms with van der Waals surface area (Å²) in [5.41, 5.74) is 0.570. The lowest BCUT2D eigenvalue weighted by molar-refractivity contribution is -0.129. The molecule has 1 atom stereocenters. The van der Waals surface area contributed by atoms with Gasteiger partial charge in [-0.25, -0.2) is 9.59 Å².